The van der Waals surface area contributed by atoms with E-state index in [2.05, 4.69) is 5.32 Å². The molecule has 1 aliphatic carbocycles. The van der Waals surface area contributed by atoms with Gasteiger partial charge in [0.15, 0.2) is 6.61 Å². The van der Waals surface area contributed by atoms with Crippen LogP contribution >= 0.6 is 34.5 Å². The first-order valence-electron chi connectivity index (χ1n) is 5.89. The summed E-state index contributed by atoms with van der Waals surface area (Å²) in [6.45, 7) is 1.08. The minimum absolute atomic E-state index is 0.203. The maximum atomic E-state index is 11.8. The van der Waals surface area contributed by atoms with Crippen molar-refractivity contribution in [1.29, 1.82) is 0 Å². The summed E-state index contributed by atoms with van der Waals surface area (Å²) in [7, 11) is 0. The molecule has 2 rings (SSSR count). The Balaban J connectivity index is 1.87. The molecule has 114 valence electrons. The Morgan fingerprint density at radius 1 is 1.48 bits per heavy atom. The lowest BCUT2D eigenvalue weighted by Gasteiger charge is -2.11. The first-order chi connectivity index (χ1) is 9.67. The van der Waals surface area contributed by atoms with Crippen LogP contribution in [0.5, 0.6) is 0 Å². The fourth-order valence-corrected chi connectivity index (χ4v) is 3.17. The first kappa shape index (κ1) is 16.1. The summed E-state index contributed by atoms with van der Waals surface area (Å²) in [5, 5.41) is 4.38. The topological polar surface area (TPSA) is 98.5 Å². The number of anilines is 1. The van der Waals surface area contributed by atoms with Gasteiger partial charge in [-0.15, -0.1) is 34.5 Å². The molecule has 1 aliphatic rings. The summed E-state index contributed by atoms with van der Waals surface area (Å²) in [4.78, 5) is 34.6. The zero-order valence-corrected chi connectivity index (χ0v) is 13.3. The molecule has 0 radical (unpaired) electrons. The summed E-state index contributed by atoms with van der Waals surface area (Å²) < 4.78 is 3.74. The Kier molecular flexibility index (Phi) is 4.19. The highest BCUT2D eigenvalue weighted by atomic mass is 35.5. The van der Waals surface area contributed by atoms with Gasteiger partial charge < -0.3 is 15.8 Å². The van der Waals surface area contributed by atoms with Crippen LogP contribution < -0.4 is 11.1 Å². The van der Waals surface area contributed by atoms with Crippen molar-refractivity contribution >= 4 is 57.3 Å². The predicted molar refractivity (Wildman–Crippen MR) is 79.6 cm³/mol. The smallest absolute Gasteiger partial charge is 0.315 e. The number of alkyl halides is 2. The number of esters is 1. The van der Waals surface area contributed by atoms with Gasteiger partial charge >= 0.3 is 5.97 Å². The molecule has 0 unspecified atom stereocenters. The van der Waals surface area contributed by atoms with E-state index >= 15 is 0 Å². The number of carbonyl (C=O) groups excluding carboxylic acids is 3. The minimum atomic E-state index is -1.15. The normalized spacial score (nSPS) is 22.4. The van der Waals surface area contributed by atoms with Crippen LogP contribution in [0.4, 0.5) is 5.00 Å². The lowest BCUT2D eigenvalue weighted by Crippen LogP contribution is -2.27. The number of ether oxygens (including phenoxy) is 1. The van der Waals surface area contributed by atoms with Gasteiger partial charge in [-0.1, -0.05) is 0 Å². The monoisotopic (exact) mass is 350 g/mol. The minimum Gasteiger partial charge on any atom is -0.455 e. The van der Waals surface area contributed by atoms with Crippen molar-refractivity contribution in [2.45, 2.75) is 17.7 Å². The number of hydrogen-bond acceptors (Lipinski definition) is 5. The molecule has 9 heteroatoms. The zero-order chi connectivity index (χ0) is 15.8. The van der Waals surface area contributed by atoms with Gasteiger partial charge in [-0.25, -0.2) is 0 Å². The summed E-state index contributed by atoms with van der Waals surface area (Å²) >= 11 is 12.8. The third-order valence-electron chi connectivity index (χ3n) is 3.23. The summed E-state index contributed by atoms with van der Waals surface area (Å²) in [6.07, 6.45) is 0.278. The van der Waals surface area contributed by atoms with Crippen molar-refractivity contribution in [1.82, 2.24) is 0 Å². The molecule has 0 aliphatic heterocycles. The van der Waals surface area contributed by atoms with Crippen molar-refractivity contribution < 1.29 is 19.1 Å². The van der Waals surface area contributed by atoms with Gasteiger partial charge in [-0.3, -0.25) is 14.4 Å². The highest BCUT2D eigenvalue weighted by molar-refractivity contribution is 7.14. The number of rotatable bonds is 5. The molecule has 0 spiro atoms. The highest BCUT2D eigenvalue weighted by Crippen LogP contribution is 2.64. The Hall–Kier alpha value is -1.31. The zero-order valence-electron chi connectivity index (χ0n) is 10.9. The number of halogens is 2. The second-order valence-corrected chi connectivity index (χ2v) is 7.27. The van der Waals surface area contributed by atoms with Crippen molar-refractivity contribution in [2.24, 2.45) is 11.1 Å². The molecule has 1 heterocycles. The maximum absolute atomic E-state index is 11.8. The molecule has 1 aromatic rings. The number of thiophene rings is 1. The Morgan fingerprint density at radius 3 is 2.62 bits per heavy atom. The van der Waals surface area contributed by atoms with Crippen molar-refractivity contribution in [3.8, 4) is 0 Å². The SMILES string of the molecule is C[C@]1(C(=O)OCC(=O)Nc2sccc2C(N)=O)CC1(Cl)Cl. The highest BCUT2D eigenvalue weighted by Gasteiger charge is 2.69. The molecular formula is C12H12Cl2N2O4S. The van der Waals surface area contributed by atoms with E-state index in [-0.39, 0.29) is 12.0 Å². The standard InChI is InChI=1S/C12H12Cl2N2O4S/c1-11(5-12(11,13)14)10(19)20-4-7(17)16-9-6(8(15)18)2-3-21-9/h2-3H,4-5H2,1H3,(H2,15,18)(H,16,17)/t11-/m1/s1. The van der Waals surface area contributed by atoms with E-state index in [1.165, 1.54) is 6.07 Å². The molecule has 3 N–H and O–H groups in total. The van der Waals surface area contributed by atoms with Gasteiger partial charge in [-0.2, -0.15) is 0 Å². The summed E-state index contributed by atoms with van der Waals surface area (Å²) in [5.74, 6) is -1.86. The second-order valence-electron chi connectivity index (χ2n) is 4.87. The molecule has 1 saturated carbocycles. The Morgan fingerprint density at radius 2 is 2.10 bits per heavy atom. The van der Waals surface area contributed by atoms with E-state index in [0.29, 0.717) is 5.00 Å². The third-order valence-corrected chi connectivity index (χ3v) is 5.16. The molecule has 2 amide bonds. The fraction of sp³-hybridized carbons (Fsp3) is 0.417. The van der Waals surface area contributed by atoms with E-state index in [1.807, 2.05) is 0 Å². The summed E-state index contributed by atoms with van der Waals surface area (Å²) in [6, 6.07) is 1.50. The molecular weight excluding hydrogens is 339 g/mol. The van der Waals surface area contributed by atoms with Crippen LogP contribution in [0.3, 0.4) is 0 Å². The molecule has 1 atom stereocenters. The average molecular weight is 351 g/mol. The number of primary amides is 1. The Bertz CT molecular complexity index is 616. The van der Waals surface area contributed by atoms with Crippen molar-refractivity contribution in [2.75, 3.05) is 11.9 Å². The number of nitrogens with two attached hydrogens (primary N) is 1. The van der Waals surface area contributed by atoms with Crippen LogP contribution in [-0.2, 0) is 14.3 Å². The van der Waals surface area contributed by atoms with Gasteiger partial charge in [0.05, 0.1) is 5.56 Å². The molecule has 0 saturated heterocycles. The van der Waals surface area contributed by atoms with E-state index in [9.17, 15) is 14.4 Å². The second kappa shape index (κ2) is 5.47. The lowest BCUT2D eigenvalue weighted by molar-refractivity contribution is -0.152. The van der Waals surface area contributed by atoms with Gasteiger partial charge in [-0.05, 0) is 18.4 Å². The van der Waals surface area contributed by atoms with Crippen LogP contribution in [0, 0.1) is 5.41 Å². The largest absolute Gasteiger partial charge is 0.455 e. The predicted octanol–water partition coefficient (Wildman–Crippen LogP) is 1.91. The molecule has 1 aromatic heterocycles. The van der Waals surface area contributed by atoms with Gasteiger partial charge in [0.25, 0.3) is 11.8 Å². The quantitative estimate of drug-likeness (QED) is 0.625. The van der Waals surface area contributed by atoms with Crippen LogP contribution in [-0.4, -0.2) is 28.7 Å². The first-order valence-corrected chi connectivity index (χ1v) is 7.53. The summed E-state index contributed by atoms with van der Waals surface area (Å²) in [5.41, 5.74) is 4.37. The van der Waals surface area contributed by atoms with Crippen molar-refractivity contribution in [3.05, 3.63) is 17.0 Å². The fourth-order valence-electron chi connectivity index (χ4n) is 1.67. The Labute approximate surface area is 134 Å². The average Bonchev–Trinajstić information content (AvgIpc) is 2.76. The van der Waals surface area contributed by atoms with Gasteiger partial charge in [0.2, 0.25) is 0 Å². The lowest BCUT2D eigenvalue weighted by atomic mass is 10.1. The third kappa shape index (κ3) is 3.14. The van der Waals surface area contributed by atoms with E-state index in [1.54, 1.807) is 12.3 Å². The van der Waals surface area contributed by atoms with Crippen LogP contribution in [0.15, 0.2) is 11.4 Å². The van der Waals surface area contributed by atoms with E-state index in [0.717, 1.165) is 11.3 Å². The molecule has 0 bridgehead atoms. The van der Waals surface area contributed by atoms with E-state index < -0.39 is 34.1 Å². The van der Waals surface area contributed by atoms with Crippen molar-refractivity contribution in [3.63, 3.8) is 0 Å². The molecule has 1 fully saturated rings. The number of amides is 2. The van der Waals surface area contributed by atoms with Crippen LogP contribution in [0.2, 0.25) is 0 Å². The molecule has 6 nitrogen and oxygen atoms in total. The van der Waals surface area contributed by atoms with Crippen LogP contribution in [0.1, 0.15) is 23.7 Å². The molecule has 21 heavy (non-hydrogen) atoms. The number of hydrogen-bond donors (Lipinski definition) is 2. The van der Waals surface area contributed by atoms with Gasteiger partial charge in [0, 0.05) is 6.42 Å². The maximum Gasteiger partial charge on any atom is 0.315 e. The number of carbonyl (C=O) groups is 3. The van der Waals surface area contributed by atoms with Crippen LogP contribution in [0.25, 0.3) is 0 Å². The molecule has 0 aromatic carbocycles. The van der Waals surface area contributed by atoms with E-state index in [4.69, 9.17) is 33.7 Å². The number of nitrogens with one attached hydrogen (secondary N) is 1. The van der Waals surface area contributed by atoms with Gasteiger partial charge in [0.1, 0.15) is 14.7 Å².